The molecule has 19 heavy (non-hydrogen) atoms. The largest absolute Gasteiger partial charge is 0.496 e. The van der Waals surface area contributed by atoms with Gasteiger partial charge in [-0.1, -0.05) is 38.5 Å². The molecule has 0 unspecified atom stereocenters. The van der Waals surface area contributed by atoms with Gasteiger partial charge >= 0.3 is 0 Å². The van der Waals surface area contributed by atoms with Gasteiger partial charge in [-0.05, 0) is 48.8 Å². The molecule has 1 aliphatic carbocycles. The lowest BCUT2D eigenvalue weighted by Crippen LogP contribution is -2.42. The highest BCUT2D eigenvalue weighted by atomic mass is 16.5. The first-order valence-corrected chi connectivity index (χ1v) is 7.48. The Labute approximate surface area is 117 Å². The highest BCUT2D eigenvalue weighted by Gasteiger charge is 2.37. The topological polar surface area (TPSA) is 21.3 Å². The molecule has 0 radical (unpaired) electrons. The van der Waals surface area contributed by atoms with E-state index in [-0.39, 0.29) is 0 Å². The monoisotopic (exact) mass is 261 g/mol. The van der Waals surface area contributed by atoms with Crippen molar-refractivity contribution in [2.24, 2.45) is 11.3 Å². The fourth-order valence-electron chi connectivity index (χ4n) is 2.97. The van der Waals surface area contributed by atoms with Crippen molar-refractivity contribution >= 4 is 0 Å². The molecule has 1 saturated carbocycles. The molecule has 1 fully saturated rings. The van der Waals surface area contributed by atoms with Gasteiger partial charge in [0.25, 0.3) is 0 Å². The average Bonchev–Trinajstić information content (AvgIpc) is 2.35. The molecular weight excluding hydrogens is 234 g/mol. The number of para-hydroxylation sites is 1. The van der Waals surface area contributed by atoms with Crippen LogP contribution >= 0.6 is 0 Å². The zero-order valence-corrected chi connectivity index (χ0v) is 12.5. The summed E-state index contributed by atoms with van der Waals surface area (Å²) in [5, 5.41) is 3.64. The quantitative estimate of drug-likeness (QED) is 0.809. The van der Waals surface area contributed by atoms with Gasteiger partial charge in [0.1, 0.15) is 5.75 Å². The van der Waals surface area contributed by atoms with Gasteiger partial charge in [-0.15, -0.1) is 0 Å². The van der Waals surface area contributed by atoms with E-state index in [0.29, 0.717) is 5.41 Å². The van der Waals surface area contributed by atoms with Crippen molar-refractivity contribution in [3.8, 4) is 5.75 Å². The van der Waals surface area contributed by atoms with E-state index in [9.17, 15) is 0 Å². The molecular formula is C17H27NO. The summed E-state index contributed by atoms with van der Waals surface area (Å²) in [6, 6.07) is 8.45. The molecule has 0 aromatic heterocycles. The summed E-state index contributed by atoms with van der Waals surface area (Å²) in [4.78, 5) is 0. The van der Waals surface area contributed by atoms with Crippen LogP contribution in [0.1, 0.15) is 38.7 Å². The van der Waals surface area contributed by atoms with Gasteiger partial charge in [0.2, 0.25) is 0 Å². The minimum absolute atomic E-state index is 0.462. The van der Waals surface area contributed by atoms with Crippen LogP contribution in [0.5, 0.6) is 5.75 Å². The number of ether oxygens (including phenoxy) is 1. The van der Waals surface area contributed by atoms with E-state index in [1.807, 2.05) is 6.07 Å². The van der Waals surface area contributed by atoms with Gasteiger partial charge in [0.15, 0.2) is 0 Å². The second-order valence-corrected chi connectivity index (χ2v) is 6.37. The van der Waals surface area contributed by atoms with Gasteiger partial charge in [0.05, 0.1) is 7.11 Å². The van der Waals surface area contributed by atoms with Crippen molar-refractivity contribution in [1.82, 2.24) is 5.32 Å². The number of benzene rings is 1. The molecule has 0 saturated heterocycles. The summed E-state index contributed by atoms with van der Waals surface area (Å²) in [5.74, 6) is 1.76. The number of hydrogen-bond acceptors (Lipinski definition) is 2. The molecule has 0 bridgehead atoms. The standard InChI is InChI=1S/C17H27NO/c1-14(2)12-18-13-17(9-6-10-17)11-15-7-4-5-8-16(15)19-3/h4-5,7-8,14,18H,6,9-13H2,1-3H3. The maximum Gasteiger partial charge on any atom is 0.122 e. The van der Waals surface area contributed by atoms with Gasteiger partial charge in [-0.25, -0.2) is 0 Å². The minimum atomic E-state index is 0.462. The fourth-order valence-corrected chi connectivity index (χ4v) is 2.97. The van der Waals surface area contributed by atoms with E-state index in [4.69, 9.17) is 4.74 Å². The van der Waals surface area contributed by atoms with Gasteiger partial charge < -0.3 is 10.1 Å². The zero-order chi connectivity index (χ0) is 13.7. The third-order valence-electron chi connectivity index (χ3n) is 4.22. The predicted octanol–water partition coefficient (Wildman–Crippen LogP) is 3.65. The molecule has 106 valence electrons. The molecule has 2 nitrogen and oxygen atoms in total. The number of methoxy groups -OCH3 is 1. The third kappa shape index (κ3) is 3.73. The van der Waals surface area contributed by atoms with Crippen LogP contribution in [-0.2, 0) is 6.42 Å². The normalized spacial score (nSPS) is 17.3. The Balaban J connectivity index is 1.98. The highest BCUT2D eigenvalue weighted by Crippen LogP contribution is 2.44. The van der Waals surface area contributed by atoms with Crippen molar-refractivity contribution in [3.63, 3.8) is 0 Å². The van der Waals surface area contributed by atoms with E-state index in [1.165, 1.54) is 24.8 Å². The van der Waals surface area contributed by atoms with Crippen LogP contribution in [-0.4, -0.2) is 20.2 Å². The number of nitrogens with one attached hydrogen (secondary N) is 1. The zero-order valence-electron chi connectivity index (χ0n) is 12.5. The lowest BCUT2D eigenvalue weighted by molar-refractivity contribution is 0.128. The smallest absolute Gasteiger partial charge is 0.122 e. The van der Waals surface area contributed by atoms with Gasteiger partial charge in [-0.3, -0.25) is 0 Å². The summed E-state index contributed by atoms with van der Waals surface area (Å²) in [6.45, 7) is 6.79. The molecule has 2 heteroatoms. The van der Waals surface area contributed by atoms with Crippen LogP contribution in [0.2, 0.25) is 0 Å². The Hall–Kier alpha value is -1.02. The highest BCUT2D eigenvalue weighted by molar-refractivity contribution is 5.34. The molecule has 1 aliphatic rings. The summed E-state index contributed by atoms with van der Waals surface area (Å²) in [7, 11) is 1.77. The Morgan fingerprint density at radius 2 is 2.00 bits per heavy atom. The summed E-state index contributed by atoms with van der Waals surface area (Å²) in [6.07, 6.45) is 5.20. The van der Waals surface area contributed by atoms with Crippen LogP contribution < -0.4 is 10.1 Å². The van der Waals surface area contributed by atoms with E-state index >= 15 is 0 Å². The number of hydrogen-bond donors (Lipinski definition) is 1. The van der Waals surface area contributed by atoms with Crippen LogP contribution in [0.15, 0.2) is 24.3 Å². The van der Waals surface area contributed by atoms with E-state index in [1.54, 1.807) is 7.11 Å². The second kappa shape index (κ2) is 6.42. The lowest BCUT2D eigenvalue weighted by Gasteiger charge is -2.43. The Morgan fingerprint density at radius 3 is 2.58 bits per heavy atom. The third-order valence-corrected chi connectivity index (χ3v) is 4.22. The van der Waals surface area contributed by atoms with Crippen molar-refractivity contribution in [3.05, 3.63) is 29.8 Å². The predicted molar refractivity (Wildman–Crippen MR) is 80.7 cm³/mol. The molecule has 0 spiro atoms. The first-order valence-electron chi connectivity index (χ1n) is 7.48. The molecule has 1 N–H and O–H groups in total. The van der Waals surface area contributed by atoms with E-state index in [0.717, 1.165) is 31.2 Å². The molecule has 1 aromatic carbocycles. The first-order chi connectivity index (χ1) is 9.15. The van der Waals surface area contributed by atoms with Crippen molar-refractivity contribution in [2.75, 3.05) is 20.2 Å². The molecule has 0 heterocycles. The molecule has 2 rings (SSSR count). The van der Waals surface area contributed by atoms with Crippen LogP contribution in [0.3, 0.4) is 0 Å². The average molecular weight is 261 g/mol. The first kappa shape index (κ1) is 14.4. The molecule has 0 aliphatic heterocycles. The Kier molecular flexibility index (Phi) is 4.87. The Morgan fingerprint density at radius 1 is 1.26 bits per heavy atom. The minimum Gasteiger partial charge on any atom is -0.496 e. The molecule has 0 amide bonds. The lowest BCUT2D eigenvalue weighted by atomic mass is 9.65. The maximum atomic E-state index is 5.48. The van der Waals surface area contributed by atoms with Crippen LogP contribution in [0.4, 0.5) is 0 Å². The molecule has 0 atom stereocenters. The second-order valence-electron chi connectivity index (χ2n) is 6.37. The van der Waals surface area contributed by atoms with E-state index in [2.05, 4.69) is 37.4 Å². The van der Waals surface area contributed by atoms with Gasteiger partial charge in [0, 0.05) is 6.54 Å². The van der Waals surface area contributed by atoms with Gasteiger partial charge in [-0.2, -0.15) is 0 Å². The number of rotatable bonds is 7. The molecule has 1 aromatic rings. The van der Waals surface area contributed by atoms with Crippen LogP contribution in [0.25, 0.3) is 0 Å². The summed E-state index contributed by atoms with van der Waals surface area (Å²) >= 11 is 0. The van der Waals surface area contributed by atoms with Crippen molar-refractivity contribution in [1.29, 1.82) is 0 Å². The van der Waals surface area contributed by atoms with Crippen molar-refractivity contribution in [2.45, 2.75) is 39.5 Å². The summed E-state index contributed by atoms with van der Waals surface area (Å²) < 4.78 is 5.48. The van der Waals surface area contributed by atoms with Crippen LogP contribution in [0, 0.1) is 11.3 Å². The Bertz CT molecular complexity index is 396. The fraction of sp³-hybridized carbons (Fsp3) is 0.647. The summed E-state index contributed by atoms with van der Waals surface area (Å²) in [5.41, 5.74) is 1.82. The maximum absolute atomic E-state index is 5.48. The van der Waals surface area contributed by atoms with E-state index < -0.39 is 0 Å². The SMILES string of the molecule is COc1ccccc1CC1(CNCC(C)C)CCC1. The van der Waals surface area contributed by atoms with Crippen molar-refractivity contribution < 1.29 is 4.74 Å².